The molecule has 1 aromatic heterocycles. The van der Waals surface area contributed by atoms with E-state index in [4.69, 9.17) is 4.74 Å². The maximum absolute atomic E-state index is 12.4. The first-order valence-electron chi connectivity index (χ1n) is 8.57. The maximum Gasteiger partial charge on any atom is 0.258 e. The van der Waals surface area contributed by atoms with Gasteiger partial charge in [-0.1, -0.05) is 41.7 Å². The van der Waals surface area contributed by atoms with E-state index in [9.17, 15) is 4.79 Å². The monoisotopic (exact) mass is 418 g/mol. The van der Waals surface area contributed by atoms with Crippen LogP contribution in [0.1, 0.15) is 5.56 Å². The summed E-state index contributed by atoms with van der Waals surface area (Å²) in [4.78, 5) is 17.6. The molecule has 0 saturated heterocycles. The number of methoxy groups -OCH3 is 1. The Hall–Kier alpha value is -1.70. The van der Waals surface area contributed by atoms with Gasteiger partial charge in [0.2, 0.25) is 0 Å². The molecule has 0 atom stereocenters. The molecule has 0 aliphatic rings. The lowest BCUT2D eigenvalue weighted by atomic mass is 10.2. The van der Waals surface area contributed by atoms with Crippen LogP contribution in [0.4, 0.5) is 0 Å². The van der Waals surface area contributed by atoms with Crippen LogP contribution in [0, 0.1) is 0 Å². The minimum atomic E-state index is -0.0904. The van der Waals surface area contributed by atoms with Crippen molar-refractivity contribution in [2.75, 3.05) is 24.9 Å². The average molecular weight is 419 g/mol. The molecule has 3 rings (SSSR count). The van der Waals surface area contributed by atoms with Crippen molar-refractivity contribution >= 4 is 51.0 Å². The van der Waals surface area contributed by atoms with Gasteiger partial charge in [-0.25, -0.2) is 0 Å². The van der Waals surface area contributed by atoms with E-state index in [0.717, 1.165) is 38.8 Å². The minimum absolute atomic E-state index is 0.0904. The number of ether oxygens (including phenoxy) is 1. The smallest absolute Gasteiger partial charge is 0.258 e. The Morgan fingerprint density at radius 3 is 2.78 bits per heavy atom. The van der Waals surface area contributed by atoms with Gasteiger partial charge in [-0.2, -0.15) is 16.8 Å². The molecule has 4 nitrogen and oxygen atoms in total. The summed E-state index contributed by atoms with van der Waals surface area (Å²) in [6, 6.07) is 16.2. The number of benzene rings is 2. The van der Waals surface area contributed by atoms with Crippen LogP contribution in [0.15, 0.2) is 53.5 Å². The first-order chi connectivity index (χ1) is 13.2. The predicted molar refractivity (Wildman–Crippen MR) is 118 cm³/mol. The van der Waals surface area contributed by atoms with Gasteiger partial charge in [0.25, 0.3) is 5.91 Å². The number of rotatable bonds is 8. The van der Waals surface area contributed by atoms with Crippen LogP contribution in [-0.2, 0) is 17.1 Å². The number of hydrogen-bond acceptors (Lipinski definition) is 5. The Morgan fingerprint density at radius 1 is 1.22 bits per heavy atom. The second-order valence-corrected chi connectivity index (χ2v) is 8.83. The van der Waals surface area contributed by atoms with E-state index in [1.54, 1.807) is 30.6 Å². The fourth-order valence-electron chi connectivity index (χ4n) is 2.63. The van der Waals surface area contributed by atoms with Gasteiger partial charge in [0.1, 0.15) is 5.75 Å². The van der Waals surface area contributed by atoms with Crippen molar-refractivity contribution < 1.29 is 9.53 Å². The highest BCUT2D eigenvalue weighted by molar-refractivity contribution is 7.99. The number of amides is 1. The molecule has 1 amide bonds. The number of thiazole rings is 1. The number of fused-ring (bicyclic) bond motifs is 1. The number of aryl methyl sites for hydroxylation is 1. The van der Waals surface area contributed by atoms with Crippen molar-refractivity contribution in [3.63, 3.8) is 0 Å². The van der Waals surface area contributed by atoms with Crippen LogP contribution < -0.4 is 9.54 Å². The predicted octanol–water partition coefficient (Wildman–Crippen LogP) is 4.44. The Labute approximate surface area is 171 Å². The summed E-state index contributed by atoms with van der Waals surface area (Å²) in [5.74, 6) is 2.90. The van der Waals surface area contributed by atoms with Gasteiger partial charge in [0.15, 0.2) is 4.80 Å². The zero-order valence-corrected chi connectivity index (χ0v) is 17.8. The summed E-state index contributed by atoms with van der Waals surface area (Å²) in [5, 5.41) is 0. The Kier molecular flexibility index (Phi) is 7.43. The van der Waals surface area contributed by atoms with Crippen molar-refractivity contribution in [2.24, 2.45) is 4.99 Å². The number of hydrogen-bond donors (Lipinski definition) is 0. The topological polar surface area (TPSA) is 43.6 Å². The van der Waals surface area contributed by atoms with E-state index in [1.807, 2.05) is 36.4 Å². The zero-order chi connectivity index (χ0) is 19.1. The van der Waals surface area contributed by atoms with Crippen LogP contribution in [-0.4, -0.2) is 35.3 Å². The van der Waals surface area contributed by atoms with Gasteiger partial charge in [-0.05, 0) is 30.0 Å². The van der Waals surface area contributed by atoms with Crippen molar-refractivity contribution in [2.45, 2.75) is 12.3 Å². The quantitative estimate of drug-likeness (QED) is 0.543. The molecule has 3 aromatic rings. The summed E-state index contributed by atoms with van der Waals surface area (Å²) in [6.45, 7) is 0.830. The second-order valence-electron chi connectivity index (χ2n) is 5.85. The van der Waals surface area contributed by atoms with Gasteiger partial charge in [0.05, 0.1) is 23.1 Å². The van der Waals surface area contributed by atoms with Crippen LogP contribution in [0.25, 0.3) is 10.2 Å². The molecular weight excluding hydrogens is 396 g/mol. The highest BCUT2D eigenvalue weighted by Gasteiger charge is 2.09. The molecular formula is C20H22N2O2S3. The number of nitrogens with zero attached hydrogens (tertiary/aromatic N) is 2. The van der Waals surface area contributed by atoms with Crippen molar-refractivity contribution in [1.29, 1.82) is 0 Å². The summed E-state index contributed by atoms with van der Waals surface area (Å²) < 4.78 is 8.54. The Morgan fingerprint density at radius 2 is 2.04 bits per heavy atom. The van der Waals surface area contributed by atoms with Crippen LogP contribution >= 0.6 is 34.9 Å². The lowest BCUT2D eigenvalue weighted by Crippen LogP contribution is -2.18. The molecule has 0 spiro atoms. The molecule has 2 aromatic carbocycles. The summed E-state index contributed by atoms with van der Waals surface area (Å²) >= 11 is 4.92. The third-order valence-corrected chi connectivity index (χ3v) is 6.59. The molecule has 0 radical (unpaired) electrons. The lowest BCUT2D eigenvalue weighted by Gasteiger charge is -2.04. The first-order valence-corrected chi connectivity index (χ1v) is 11.9. The molecule has 0 saturated carbocycles. The summed E-state index contributed by atoms with van der Waals surface area (Å²) in [6.07, 6.45) is 2.08. The van der Waals surface area contributed by atoms with Crippen molar-refractivity contribution in [3.8, 4) is 5.75 Å². The van der Waals surface area contributed by atoms with E-state index in [2.05, 4.69) is 27.9 Å². The molecule has 1 heterocycles. The number of carbonyl (C=O) groups is 1. The highest BCUT2D eigenvalue weighted by atomic mass is 32.2. The fourth-order valence-corrected chi connectivity index (χ4v) is 4.87. The van der Waals surface area contributed by atoms with Crippen molar-refractivity contribution in [1.82, 2.24) is 4.57 Å². The molecule has 0 aliphatic heterocycles. The second kappa shape index (κ2) is 10.0. The maximum atomic E-state index is 12.4. The van der Waals surface area contributed by atoms with E-state index in [-0.39, 0.29) is 5.91 Å². The number of thioether (sulfide) groups is 2. The minimum Gasteiger partial charge on any atom is -0.497 e. The molecule has 0 fully saturated rings. The average Bonchev–Trinajstić information content (AvgIpc) is 3.03. The van der Waals surface area contributed by atoms with Crippen LogP contribution in [0.5, 0.6) is 5.75 Å². The highest BCUT2D eigenvalue weighted by Crippen LogP contribution is 2.23. The molecule has 0 N–H and O–H groups in total. The first kappa shape index (κ1) is 20.0. The van der Waals surface area contributed by atoms with E-state index in [0.29, 0.717) is 5.75 Å². The summed E-state index contributed by atoms with van der Waals surface area (Å²) in [5.41, 5.74) is 2.32. The lowest BCUT2D eigenvalue weighted by molar-refractivity contribution is -0.115. The molecule has 27 heavy (non-hydrogen) atoms. The fraction of sp³-hybridized carbons (Fsp3) is 0.300. The Bertz CT molecular complexity index is 964. The molecule has 0 aliphatic carbocycles. The van der Waals surface area contributed by atoms with Gasteiger partial charge in [0, 0.05) is 18.1 Å². The Balaban J connectivity index is 1.79. The van der Waals surface area contributed by atoms with E-state index < -0.39 is 0 Å². The molecule has 142 valence electrons. The normalized spacial score (nSPS) is 11.9. The third-order valence-electron chi connectivity index (χ3n) is 3.97. The van der Waals surface area contributed by atoms with E-state index >= 15 is 0 Å². The zero-order valence-electron chi connectivity index (χ0n) is 15.4. The van der Waals surface area contributed by atoms with Gasteiger partial charge in [-0.15, -0.1) is 11.8 Å². The number of carbonyl (C=O) groups excluding carboxylic acids is 1. The third kappa shape index (κ3) is 5.40. The number of aromatic nitrogens is 1. The summed E-state index contributed by atoms with van der Waals surface area (Å²) in [7, 11) is 1.66. The van der Waals surface area contributed by atoms with Gasteiger partial charge in [-0.3, -0.25) is 4.79 Å². The standard InChI is InChI=1S/C20H22N2O2S3/c1-24-16-8-9-17-18(12-16)27-20(22(17)10-11-25-2)21-19(23)14-26-13-15-6-4-3-5-7-15/h3-9,12H,10-11,13-14H2,1-2H3. The largest absolute Gasteiger partial charge is 0.497 e. The molecule has 0 unspecified atom stereocenters. The molecule has 0 bridgehead atoms. The van der Waals surface area contributed by atoms with Gasteiger partial charge >= 0.3 is 0 Å². The SMILES string of the molecule is COc1ccc2c(c1)sc(=NC(=O)CSCc1ccccc1)n2CCSC. The van der Waals surface area contributed by atoms with Crippen LogP contribution in [0.3, 0.4) is 0 Å². The van der Waals surface area contributed by atoms with Crippen molar-refractivity contribution in [3.05, 3.63) is 58.9 Å². The van der Waals surface area contributed by atoms with Crippen LogP contribution in [0.2, 0.25) is 0 Å². The molecule has 7 heteroatoms. The van der Waals surface area contributed by atoms with Gasteiger partial charge < -0.3 is 9.30 Å². The van der Waals surface area contributed by atoms with E-state index in [1.165, 1.54) is 16.9 Å².